The maximum atomic E-state index is 13.2. The largest absolute Gasteiger partial charge is 0.459 e. The van der Waals surface area contributed by atoms with Crippen LogP contribution in [-0.2, 0) is 23.1 Å². The van der Waals surface area contributed by atoms with Crippen LogP contribution in [-0.4, -0.2) is 16.6 Å². The molecule has 3 atom stereocenters. The van der Waals surface area contributed by atoms with Crippen molar-refractivity contribution in [2.75, 3.05) is 0 Å². The summed E-state index contributed by atoms with van der Waals surface area (Å²) < 4.78 is 10.5. The number of imidazole rings is 1. The number of rotatable bonds is 5. The number of fused-ring (bicyclic) bond motifs is 1. The Kier molecular flexibility index (Phi) is 6.17. The summed E-state index contributed by atoms with van der Waals surface area (Å²) in [6.45, 7) is 9.11. The average Bonchev–Trinajstić information content (AvgIpc) is 3.00. The zero-order valence-electron chi connectivity index (χ0n) is 19.5. The third-order valence-corrected chi connectivity index (χ3v) is 7.02. The summed E-state index contributed by atoms with van der Waals surface area (Å²) in [5.74, 6) is 2.49. The van der Waals surface area contributed by atoms with Crippen molar-refractivity contribution in [2.45, 2.75) is 59.6 Å². The summed E-state index contributed by atoms with van der Waals surface area (Å²) in [6.07, 6.45) is 3.37. The Hall–Kier alpha value is -2.62. The van der Waals surface area contributed by atoms with Gasteiger partial charge < -0.3 is 4.74 Å². The van der Waals surface area contributed by atoms with E-state index in [1.807, 2.05) is 12.1 Å². The van der Waals surface area contributed by atoms with Crippen molar-refractivity contribution in [3.8, 4) is 11.4 Å². The van der Waals surface area contributed by atoms with Crippen molar-refractivity contribution in [2.24, 2.45) is 24.8 Å². The van der Waals surface area contributed by atoms with E-state index in [1.165, 1.54) is 12.0 Å². The van der Waals surface area contributed by atoms with Gasteiger partial charge in [0.1, 0.15) is 6.10 Å². The SMILES string of the molecule is Cc1ccccc1-c1n(CC(=O)O[C@@H]2C[C@H](C)CC[C@H]2C(C)C)c2ccccc2[n+]1C. The van der Waals surface area contributed by atoms with Crippen molar-refractivity contribution >= 4 is 17.0 Å². The van der Waals surface area contributed by atoms with E-state index < -0.39 is 0 Å². The molecule has 0 spiro atoms. The van der Waals surface area contributed by atoms with E-state index in [2.05, 4.69) is 80.3 Å². The third kappa shape index (κ3) is 4.26. The van der Waals surface area contributed by atoms with Crippen molar-refractivity contribution < 1.29 is 14.1 Å². The molecule has 4 nitrogen and oxygen atoms in total. The number of nitrogens with zero attached hydrogens (tertiary/aromatic N) is 2. The van der Waals surface area contributed by atoms with Gasteiger partial charge in [0.2, 0.25) is 0 Å². The normalized spacial score (nSPS) is 21.5. The zero-order valence-corrected chi connectivity index (χ0v) is 19.5. The molecular weight excluding hydrogens is 384 g/mol. The van der Waals surface area contributed by atoms with Gasteiger partial charge in [-0.1, -0.05) is 57.5 Å². The van der Waals surface area contributed by atoms with Gasteiger partial charge in [-0.15, -0.1) is 0 Å². The van der Waals surface area contributed by atoms with Crippen LogP contribution < -0.4 is 4.57 Å². The molecule has 0 amide bonds. The van der Waals surface area contributed by atoms with Crippen LogP contribution >= 0.6 is 0 Å². The smallest absolute Gasteiger partial charge is 0.348 e. The number of para-hydroxylation sites is 2. The van der Waals surface area contributed by atoms with Crippen LogP contribution in [0.2, 0.25) is 0 Å². The standard InChI is InChI=1S/C27H35N2O2/c1-18(2)21-15-14-19(3)16-25(21)31-26(30)17-29-24-13-9-8-12-23(24)28(5)27(29)22-11-7-6-10-20(22)4/h6-13,18-19,21,25H,14-17H2,1-5H3/q+1/t19-,21+,25-/m1/s1. The molecule has 164 valence electrons. The molecule has 0 saturated heterocycles. The zero-order chi connectivity index (χ0) is 22.1. The van der Waals surface area contributed by atoms with Crippen LogP contribution in [0, 0.1) is 24.7 Å². The van der Waals surface area contributed by atoms with Gasteiger partial charge in [0.15, 0.2) is 17.6 Å². The van der Waals surface area contributed by atoms with E-state index >= 15 is 0 Å². The Morgan fingerprint density at radius 1 is 1.13 bits per heavy atom. The van der Waals surface area contributed by atoms with Gasteiger partial charge in [0, 0.05) is 0 Å². The first kappa shape index (κ1) is 21.6. The minimum Gasteiger partial charge on any atom is -0.459 e. The Labute approximate surface area is 185 Å². The second-order valence-corrected chi connectivity index (χ2v) is 9.63. The topological polar surface area (TPSA) is 35.1 Å². The number of hydrogen-bond acceptors (Lipinski definition) is 2. The van der Waals surface area contributed by atoms with Gasteiger partial charge in [-0.05, 0) is 61.3 Å². The predicted octanol–water partition coefficient (Wildman–Crippen LogP) is 5.45. The van der Waals surface area contributed by atoms with E-state index in [0.29, 0.717) is 17.8 Å². The summed E-state index contributed by atoms with van der Waals surface area (Å²) in [4.78, 5) is 13.2. The Bertz CT molecular complexity index is 1080. The first-order valence-corrected chi connectivity index (χ1v) is 11.6. The number of carbonyl (C=O) groups is 1. The van der Waals surface area contributed by atoms with Crippen LogP contribution in [0.25, 0.3) is 22.4 Å². The lowest BCUT2D eigenvalue weighted by atomic mass is 9.75. The molecule has 0 radical (unpaired) electrons. The lowest BCUT2D eigenvalue weighted by Crippen LogP contribution is -2.37. The highest BCUT2D eigenvalue weighted by atomic mass is 16.5. The number of aromatic nitrogens is 2. The highest BCUT2D eigenvalue weighted by molar-refractivity contribution is 5.80. The number of carbonyl (C=O) groups excluding carboxylic acids is 1. The fraction of sp³-hybridized carbons (Fsp3) is 0.481. The molecule has 1 aliphatic rings. The van der Waals surface area contributed by atoms with Crippen LogP contribution in [0.4, 0.5) is 0 Å². The minimum absolute atomic E-state index is 0.0220. The van der Waals surface area contributed by atoms with Crippen molar-refractivity contribution in [3.05, 3.63) is 54.1 Å². The number of esters is 1. The van der Waals surface area contributed by atoms with E-state index in [9.17, 15) is 4.79 Å². The average molecular weight is 420 g/mol. The van der Waals surface area contributed by atoms with Crippen molar-refractivity contribution in [3.63, 3.8) is 0 Å². The fourth-order valence-corrected chi connectivity index (χ4v) is 5.28. The molecule has 1 fully saturated rings. The minimum atomic E-state index is -0.138. The molecule has 4 rings (SSSR count). The van der Waals surface area contributed by atoms with E-state index in [1.54, 1.807) is 0 Å². The van der Waals surface area contributed by atoms with E-state index in [-0.39, 0.29) is 18.6 Å². The third-order valence-electron chi connectivity index (χ3n) is 7.02. The van der Waals surface area contributed by atoms with Gasteiger partial charge >= 0.3 is 5.97 Å². The molecule has 1 heterocycles. The molecule has 1 aliphatic carbocycles. The van der Waals surface area contributed by atoms with E-state index in [0.717, 1.165) is 35.3 Å². The molecule has 0 bridgehead atoms. The fourth-order valence-electron chi connectivity index (χ4n) is 5.28. The Balaban J connectivity index is 1.69. The van der Waals surface area contributed by atoms with E-state index in [4.69, 9.17) is 4.74 Å². The van der Waals surface area contributed by atoms with Crippen LogP contribution in [0.15, 0.2) is 48.5 Å². The number of hydrogen-bond donors (Lipinski definition) is 0. The van der Waals surface area contributed by atoms with Crippen LogP contribution in [0.1, 0.15) is 45.6 Å². The highest BCUT2D eigenvalue weighted by Crippen LogP contribution is 2.35. The highest BCUT2D eigenvalue weighted by Gasteiger charge is 2.34. The predicted molar refractivity (Wildman–Crippen MR) is 125 cm³/mol. The second-order valence-electron chi connectivity index (χ2n) is 9.63. The molecule has 31 heavy (non-hydrogen) atoms. The molecule has 2 aromatic carbocycles. The molecule has 0 aliphatic heterocycles. The maximum absolute atomic E-state index is 13.2. The lowest BCUT2D eigenvalue weighted by molar-refractivity contribution is -0.634. The van der Waals surface area contributed by atoms with Gasteiger partial charge in [0.05, 0.1) is 12.6 Å². The van der Waals surface area contributed by atoms with Gasteiger partial charge in [-0.2, -0.15) is 0 Å². The molecule has 0 unspecified atom stereocenters. The molecule has 1 aromatic heterocycles. The van der Waals surface area contributed by atoms with Crippen molar-refractivity contribution in [1.29, 1.82) is 0 Å². The summed E-state index contributed by atoms with van der Waals surface area (Å²) in [5, 5.41) is 0. The summed E-state index contributed by atoms with van der Waals surface area (Å²) >= 11 is 0. The van der Waals surface area contributed by atoms with Gasteiger partial charge in [-0.3, -0.25) is 0 Å². The molecule has 1 saturated carbocycles. The van der Waals surface area contributed by atoms with Gasteiger partial charge in [-0.25, -0.2) is 13.9 Å². The molecule has 0 N–H and O–H groups in total. The lowest BCUT2D eigenvalue weighted by Gasteiger charge is -2.36. The first-order chi connectivity index (χ1) is 14.9. The van der Waals surface area contributed by atoms with Crippen molar-refractivity contribution in [1.82, 2.24) is 4.57 Å². The molecule has 4 heteroatoms. The summed E-state index contributed by atoms with van der Waals surface area (Å²) in [5.41, 5.74) is 4.49. The summed E-state index contributed by atoms with van der Waals surface area (Å²) in [6, 6.07) is 16.6. The quantitative estimate of drug-likeness (QED) is 0.407. The summed E-state index contributed by atoms with van der Waals surface area (Å²) in [7, 11) is 2.07. The number of aryl methyl sites for hydroxylation is 2. The molecular formula is C27H35N2O2+. The monoisotopic (exact) mass is 419 g/mol. The Morgan fingerprint density at radius 2 is 1.84 bits per heavy atom. The molecule has 3 aromatic rings. The number of ether oxygens (including phenoxy) is 1. The second kappa shape index (κ2) is 8.86. The first-order valence-electron chi connectivity index (χ1n) is 11.6. The maximum Gasteiger partial charge on any atom is 0.348 e. The van der Waals surface area contributed by atoms with Gasteiger partial charge in [0.25, 0.3) is 5.82 Å². The van der Waals surface area contributed by atoms with Crippen LogP contribution in [0.5, 0.6) is 0 Å². The number of benzene rings is 2. The van der Waals surface area contributed by atoms with Crippen LogP contribution in [0.3, 0.4) is 0 Å². The Morgan fingerprint density at radius 3 is 2.58 bits per heavy atom.